The number of hydrogen-bond donors (Lipinski definition) is 2. The van der Waals surface area contributed by atoms with Crippen molar-refractivity contribution in [2.75, 3.05) is 17.6 Å². The van der Waals surface area contributed by atoms with Crippen molar-refractivity contribution in [1.29, 1.82) is 0 Å². The van der Waals surface area contributed by atoms with Crippen LogP contribution in [0.5, 0.6) is 0 Å². The number of benzene rings is 1. The highest BCUT2D eigenvalue weighted by molar-refractivity contribution is 6.29. The summed E-state index contributed by atoms with van der Waals surface area (Å²) in [4.78, 5) is 7.97. The van der Waals surface area contributed by atoms with Gasteiger partial charge in [-0.2, -0.15) is 4.98 Å². The van der Waals surface area contributed by atoms with Gasteiger partial charge < -0.3 is 11.1 Å². The maximum Gasteiger partial charge on any atom is 0.223 e. The summed E-state index contributed by atoms with van der Waals surface area (Å²) < 4.78 is 0. The van der Waals surface area contributed by atoms with E-state index in [1.165, 1.54) is 18.4 Å². The van der Waals surface area contributed by atoms with Gasteiger partial charge >= 0.3 is 0 Å². The van der Waals surface area contributed by atoms with Crippen LogP contribution in [0.15, 0.2) is 36.4 Å². The molecule has 1 aromatic carbocycles. The molecule has 1 saturated carbocycles. The molecule has 0 saturated heterocycles. The minimum Gasteiger partial charge on any atom is -0.369 e. The molecule has 1 heterocycles. The van der Waals surface area contributed by atoms with Crippen LogP contribution in [0.1, 0.15) is 18.4 Å². The first kappa shape index (κ1) is 12.2. The van der Waals surface area contributed by atoms with Crippen LogP contribution in [-0.2, 0) is 5.41 Å². The van der Waals surface area contributed by atoms with Gasteiger partial charge in [0.1, 0.15) is 11.0 Å². The molecular weight excluding hydrogens is 260 g/mol. The van der Waals surface area contributed by atoms with Crippen LogP contribution < -0.4 is 11.1 Å². The molecule has 1 aliphatic rings. The van der Waals surface area contributed by atoms with E-state index < -0.39 is 0 Å². The Hall–Kier alpha value is -1.81. The van der Waals surface area contributed by atoms with Gasteiger partial charge in [-0.3, -0.25) is 0 Å². The second-order valence-corrected chi connectivity index (χ2v) is 5.32. The van der Waals surface area contributed by atoms with Gasteiger partial charge in [0.15, 0.2) is 0 Å². The number of halogens is 1. The molecule has 0 spiro atoms. The normalized spacial score (nSPS) is 16.1. The molecule has 3 N–H and O–H groups in total. The highest BCUT2D eigenvalue weighted by Gasteiger charge is 2.43. The SMILES string of the molecule is Nc1nc(Cl)cc(NCC2(c3ccccc3)CC2)n1. The molecule has 1 aromatic heterocycles. The maximum atomic E-state index is 5.86. The first-order valence-corrected chi connectivity index (χ1v) is 6.65. The van der Waals surface area contributed by atoms with E-state index in [-0.39, 0.29) is 11.4 Å². The number of anilines is 2. The van der Waals surface area contributed by atoms with Crippen LogP contribution in [0.2, 0.25) is 5.15 Å². The number of nitrogens with zero attached hydrogens (tertiary/aromatic N) is 2. The van der Waals surface area contributed by atoms with Gasteiger partial charge in [0.05, 0.1) is 0 Å². The molecular formula is C14H15ClN4. The molecule has 5 heteroatoms. The zero-order chi connectivity index (χ0) is 13.3. The molecule has 0 unspecified atom stereocenters. The zero-order valence-electron chi connectivity index (χ0n) is 10.4. The predicted octanol–water partition coefficient (Wildman–Crippen LogP) is 2.86. The third-order valence-corrected chi connectivity index (χ3v) is 3.75. The lowest BCUT2D eigenvalue weighted by molar-refractivity contribution is 0.730. The highest BCUT2D eigenvalue weighted by Crippen LogP contribution is 2.48. The predicted molar refractivity (Wildman–Crippen MR) is 77.3 cm³/mol. The van der Waals surface area contributed by atoms with Gasteiger partial charge in [0.2, 0.25) is 5.95 Å². The van der Waals surface area contributed by atoms with Gasteiger partial charge in [0.25, 0.3) is 0 Å². The number of nitrogens with one attached hydrogen (secondary N) is 1. The summed E-state index contributed by atoms with van der Waals surface area (Å²) in [7, 11) is 0. The Morgan fingerprint density at radius 3 is 2.58 bits per heavy atom. The van der Waals surface area contributed by atoms with E-state index in [1.54, 1.807) is 6.07 Å². The Kier molecular flexibility index (Phi) is 3.03. The van der Waals surface area contributed by atoms with E-state index in [1.807, 2.05) is 6.07 Å². The Morgan fingerprint density at radius 1 is 1.21 bits per heavy atom. The molecule has 0 aliphatic heterocycles. The minimum absolute atomic E-state index is 0.194. The molecule has 0 bridgehead atoms. The van der Waals surface area contributed by atoms with Crippen LogP contribution in [0.3, 0.4) is 0 Å². The van der Waals surface area contributed by atoms with E-state index in [0.717, 1.165) is 6.54 Å². The number of rotatable bonds is 4. The monoisotopic (exact) mass is 274 g/mol. The molecule has 4 nitrogen and oxygen atoms in total. The average molecular weight is 275 g/mol. The van der Waals surface area contributed by atoms with Crippen molar-refractivity contribution in [3.63, 3.8) is 0 Å². The number of hydrogen-bond acceptors (Lipinski definition) is 4. The number of nitrogen functional groups attached to an aromatic ring is 1. The van der Waals surface area contributed by atoms with Crippen molar-refractivity contribution >= 4 is 23.4 Å². The quantitative estimate of drug-likeness (QED) is 0.842. The van der Waals surface area contributed by atoms with Gasteiger partial charge in [0, 0.05) is 18.0 Å². The summed E-state index contributed by atoms with van der Waals surface area (Å²) in [6.45, 7) is 0.837. The molecule has 1 aliphatic carbocycles. The zero-order valence-corrected chi connectivity index (χ0v) is 11.2. The Morgan fingerprint density at radius 2 is 1.95 bits per heavy atom. The van der Waals surface area contributed by atoms with Crippen molar-refractivity contribution in [1.82, 2.24) is 9.97 Å². The van der Waals surface area contributed by atoms with Gasteiger partial charge in [-0.25, -0.2) is 4.98 Å². The molecule has 0 radical (unpaired) electrons. The fourth-order valence-corrected chi connectivity index (χ4v) is 2.49. The van der Waals surface area contributed by atoms with Crippen molar-refractivity contribution in [3.05, 3.63) is 47.1 Å². The average Bonchev–Trinajstić information content (AvgIpc) is 3.18. The summed E-state index contributed by atoms with van der Waals surface area (Å²) in [6.07, 6.45) is 2.39. The lowest BCUT2D eigenvalue weighted by Gasteiger charge is -2.17. The molecule has 0 atom stereocenters. The molecule has 3 rings (SSSR count). The van der Waals surface area contributed by atoms with Crippen molar-refractivity contribution < 1.29 is 0 Å². The van der Waals surface area contributed by atoms with Crippen molar-refractivity contribution in [2.45, 2.75) is 18.3 Å². The number of aromatic nitrogens is 2. The minimum atomic E-state index is 0.194. The summed E-state index contributed by atoms with van der Waals surface area (Å²) in [5.41, 5.74) is 7.18. The third-order valence-electron chi connectivity index (χ3n) is 3.56. The Bertz CT molecular complexity index is 561. The molecule has 98 valence electrons. The molecule has 2 aromatic rings. The summed E-state index contributed by atoms with van der Waals surface area (Å²) in [5, 5.41) is 3.67. The lowest BCUT2D eigenvalue weighted by atomic mass is 9.96. The van der Waals surface area contributed by atoms with Crippen LogP contribution >= 0.6 is 11.6 Å². The van der Waals surface area contributed by atoms with Crippen molar-refractivity contribution in [2.24, 2.45) is 0 Å². The van der Waals surface area contributed by atoms with E-state index in [0.29, 0.717) is 11.0 Å². The first-order valence-electron chi connectivity index (χ1n) is 6.27. The topological polar surface area (TPSA) is 63.8 Å². The van der Waals surface area contributed by atoms with Crippen LogP contribution in [0.4, 0.5) is 11.8 Å². The summed E-state index contributed by atoms with van der Waals surface area (Å²) in [5.74, 6) is 0.874. The van der Waals surface area contributed by atoms with Crippen LogP contribution in [0.25, 0.3) is 0 Å². The smallest absolute Gasteiger partial charge is 0.223 e. The van der Waals surface area contributed by atoms with Gasteiger partial charge in [-0.05, 0) is 18.4 Å². The highest BCUT2D eigenvalue weighted by atomic mass is 35.5. The van der Waals surface area contributed by atoms with E-state index >= 15 is 0 Å². The summed E-state index contributed by atoms with van der Waals surface area (Å²) >= 11 is 5.86. The van der Waals surface area contributed by atoms with Crippen LogP contribution in [-0.4, -0.2) is 16.5 Å². The molecule has 19 heavy (non-hydrogen) atoms. The largest absolute Gasteiger partial charge is 0.369 e. The van der Waals surface area contributed by atoms with Crippen molar-refractivity contribution in [3.8, 4) is 0 Å². The molecule has 0 amide bonds. The Labute approximate surface area is 117 Å². The second-order valence-electron chi connectivity index (χ2n) is 4.93. The fourth-order valence-electron chi connectivity index (χ4n) is 2.30. The number of nitrogens with two attached hydrogens (primary N) is 1. The van der Waals surface area contributed by atoms with E-state index in [4.69, 9.17) is 17.3 Å². The Balaban J connectivity index is 1.73. The fraction of sp³-hybridized carbons (Fsp3) is 0.286. The third kappa shape index (κ3) is 2.63. The standard InChI is InChI=1S/C14H15ClN4/c15-11-8-12(19-13(16)18-11)17-9-14(6-7-14)10-4-2-1-3-5-10/h1-5,8H,6-7,9H2,(H3,16,17,18,19). The maximum absolute atomic E-state index is 5.86. The first-order chi connectivity index (χ1) is 9.18. The van der Waals surface area contributed by atoms with Gasteiger partial charge in [-0.1, -0.05) is 41.9 Å². The lowest BCUT2D eigenvalue weighted by Crippen LogP contribution is -2.20. The molecule has 1 fully saturated rings. The van der Waals surface area contributed by atoms with Gasteiger partial charge in [-0.15, -0.1) is 0 Å². The van der Waals surface area contributed by atoms with E-state index in [9.17, 15) is 0 Å². The second kappa shape index (κ2) is 4.70. The van der Waals surface area contributed by atoms with Crippen LogP contribution in [0, 0.1) is 0 Å². The summed E-state index contributed by atoms with van der Waals surface area (Å²) in [6, 6.07) is 12.2. The van der Waals surface area contributed by atoms with E-state index in [2.05, 4.69) is 39.6 Å².